The molecular weight excluding hydrogens is 385 g/mol. The van der Waals surface area contributed by atoms with Gasteiger partial charge >= 0.3 is 6.03 Å². The van der Waals surface area contributed by atoms with Crippen LogP contribution in [0.3, 0.4) is 0 Å². The number of benzene rings is 2. The number of aromatic nitrogens is 1. The number of nitrogens with zero attached hydrogens (tertiary/aromatic N) is 1. The molecule has 0 aliphatic carbocycles. The van der Waals surface area contributed by atoms with Crippen LogP contribution in [-0.4, -0.2) is 16.9 Å². The van der Waals surface area contributed by atoms with E-state index in [1.807, 2.05) is 24.3 Å². The number of hydrogen-bond donors (Lipinski definition) is 2. The van der Waals surface area contributed by atoms with E-state index in [0.29, 0.717) is 5.69 Å². The van der Waals surface area contributed by atoms with Crippen LogP contribution in [-0.2, 0) is 6.42 Å². The topological polar surface area (TPSA) is 71.1 Å². The molecule has 0 fully saturated rings. The number of urea groups is 1. The van der Waals surface area contributed by atoms with Crippen LogP contribution < -0.4 is 10.6 Å². The summed E-state index contributed by atoms with van der Waals surface area (Å²) in [4.78, 5) is 28.2. The van der Waals surface area contributed by atoms with Gasteiger partial charge in [-0.2, -0.15) is 0 Å². The fourth-order valence-corrected chi connectivity index (χ4v) is 3.05. The van der Waals surface area contributed by atoms with Gasteiger partial charge in [0.2, 0.25) is 0 Å². The van der Waals surface area contributed by atoms with E-state index in [-0.39, 0.29) is 15.6 Å². The highest BCUT2D eigenvalue weighted by atomic mass is 35.5. The smallest absolute Gasteiger partial charge is 0.308 e. The molecule has 136 valence electrons. The molecule has 7 heteroatoms. The van der Waals surface area contributed by atoms with Crippen molar-refractivity contribution in [1.82, 2.24) is 10.3 Å². The van der Waals surface area contributed by atoms with Crippen molar-refractivity contribution in [3.05, 3.63) is 93.7 Å². The molecule has 3 rings (SSSR count). The molecular formula is C20H15Cl2N3O2. The second-order valence-corrected chi connectivity index (χ2v) is 6.55. The van der Waals surface area contributed by atoms with Crippen LogP contribution in [0.5, 0.6) is 0 Å². The van der Waals surface area contributed by atoms with Crippen LogP contribution in [0.1, 0.15) is 21.5 Å². The predicted molar refractivity (Wildman–Crippen MR) is 106 cm³/mol. The Labute approximate surface area is 166 Å². The summed E-state index contributed by atoms with van der Waals surface area (Å²) in [6, 6.07) is 15.3. The Balaban J connectivity index is 1.60. The predicted octanol–water partition coefficient (Wildman–Crippen LogP) is 4.94. The van der Waals surface area contributed by atoms with E-state index in [1.54, 1.807) is 30.6 Å². The Bertz CT molecular complexity index is 940. The van der Waals surface area contributed by atoms with Gasteiger partial charge in [-0.15, -0.1) is 0 Å². The Hall–Kier alpha value is -2.89. The normalized spacial score (nSPS) is 10.3. The second kappa shape index (κ2) is 8.66. The van der Waals surface area contributed by atoms with E-state index >= 15 is 0 Å². The Morgan fingerprint density at radius 1 is 0.852 bits per heavy atom. The molecule has 0 aliphatic heterocycles. The molecule has 0 atom stereocenters. The first kappa shape index (κ1) is 18.9. The fraction of sp³-hybridized carbons (Fsp3) is 0.0500. The van der Waals surface area contributed by atoms with Gasteiger partial charge in [-0.1, -0.05) is 41.4 Å². The largest absolute Gasteiger partial charge is 0.326 e. The number of amides is 3. The lowest BCUT2D eigenvalue weighted by Crippen LogP contribution is -2.34. The summed E-state index contributed by atoms with van der Waals surface area (Å²) in [6.45, 7) is 0. The quantitative estimate of drug-likeness (QED) is 0.652. The minimum absolute atomic E-state index is 0.0590. The van der Waals surface area contributed by atoms with Gasteiger partial charge in [0.15, 0.2) is 0 Å². The first-order chi connectivity index (χ1) is 13.0. The van der Waals surface area contributed by atoms with Crippen molar-refractivity contribution >= 4 is 40.8 Å². The van der Waals surface area contributed by atoms with Gasteiger partial charge < -0.3 is 5.32 Å². The summed E-state index contributed by atoms with van der Waals surface area (Å²) in [5, 5.41) is 5.17. The van der Waals surface area contributed by atoms with Gasteiger partial charge in [0.1, 0.15) is 0 Å². The molecule has 0 aliphatic rings. The first-order valence-electron chi connectivity index (χ1n) is 8.07. The van der Waals surface area contributed by atoms with Crippen LogP contribution in [0.4, 0.5) is 10.5 Å². The van der Waals surface area contributed by atoms with E-state index in [2.05, 4.69) is 15.6 Å². The standard InChI is InChI=1S/C20H15Cl2N3O2/c21-16-2-1-3-17(22)18(16)19(26)25-20(27)24-15-6-4-13(5-7-15)12-14-8-10-23-11-9-14/h1-11H,12H2,(H2,24,25,26,27). The zero-order chi connectivity index (χ0) is 19.2. The van der Waals surface area contributed by atoms with Crippen molar-refractivity contribution in [3.63, 3.8) is 0 Å². The number of nitrogens with one attached hydrogen (secondary N) is 2. The molecule has 0 saturated heterocycles. The summed E-state index contributed by atoms with van der Waals surface area (Å²) < 4.78 is 0. The Morgan fingerprint density at radius 3 is 2.07 bits per heavy atom. The van der Waals surface area contributed by atoms with Gasteiger partial charge in [0, 0.05) is 18.1 Å². The molecule has 3 amide bonds. The van der Waals surface area contributed by atoms with Gasteiger partial charge in [-0.25, -0.2) is 4.79 Å². The van der Waals surface area contributed by atoms with E-state index in [1.165, 1.54) is 12.1 Å². The molecule has 3 aromatic rings. The van der Waals surface area contributed by atoms with Crippen LogP contribution in [0.25, 0.3) is 0 Å². The number of carbonyl (C=O) groups is 2. The maximum absolute atomic E-state index is 12.2. The molecule has 5 nitrogen and oxygen atoms in total. The molecule has 0 saturated carbocycles. The minimum atomic E-state index is -0.669. The van der Waals surface area contributed by atoms with Crippen molar-refractivity contribution in [2.75, 3.05) is 5.32 Å². The summed E-state index contributed by atoms with van der Waals surface area (Å²) in [7, 11) is 0. The van der Waals surface area contributed by atoms with E-state index < -0.39 is 11.9 Å². The molecule has 1 heterocycles. The molecule has 2 aromatic carbocycles. The molecule has 0 spiro atoms. The first-order valence-corrected chi connectivity index (χ1v) is 8.83. The van der Waals surface area contributed by atoms with Crippen molar-refractivity contribution in [2.24, 2.45) is 0 Å². The SMILES string of the molecule is O=C(NC(=O)c1c(Cl)cccc1Cl)Nc1ccc(Cc2ccncc2)cc1. The highest BCUT2D eigenvalue weighted by molar-refractivity contribution is 6.40. The van der Waals surface area contributed by atoms with E-state index in [0.717, 1.165) is 17.5 Å². The summed E-state index contributed by atoms with van der Waals surface area (Å²) >= 11 is 11.9. The summed E-state index contributed by atoms with van der Waals surface area (Å²) in [5.74, 6) is -0.669. The number of pyridine rings is 1. The number of halogens is 2. The maximum Gasteiger partial charge on any atom is 0.326 e. The lowest BCUT2D eigenvalue weighted by Gasteiger charge is -2.09. The zero-order valence-electron chi connectivity index (χ0n) is 14.1. The molecule has 0 unspecified atom stereocenters. The van der Waals surface area contributed by atoms with Gasteiger partial charge in [-0.05, 0) is 53.9 Å². The molecule has 0 radical (unpaired) electrons. The molecule has 0 bridgehead atoms. The maximum atomic E-state index is 12.2. The van der Waals surface area contributed by atoms with E-state index in [9.17, 15) is 9.59 Å². The number of anilines is 1. The Morgan fingerprint density at radius 2 is 1.44 bits per heavy atom. The summed E-state index contributed by atoms with van der Waals surface area (Å²) in [6.07, 6.45) is 4.26. The van der Waals surface area contributed by atoms with Crippen molar-refractivity contribution in [3.8, 4) is 0 Å². The van der Waals surface area contributed by atoms with Crippen LogP contribution >= 0.6 is 23.2 Å². The fourth-order valence-electron chi connectivity index (χ4n) is 2.48. The van der Waals surface area contributed by atoms with Gasteiger partial charge in [-0.3, -0.25) is 15.1 Å². The van der Waals surface area contributed by atoms with E-state index in [4.69, 9.17) is 23.2 Å². The molecule has 27 heavy (non-hydrogen) atoms. The number of hydrogen-bond acceptors (Lipinski definition) is 3. The third-order valence-electron chi connectivity index (χ3n) is 3.79. The third-order valence-corrected chi connectivity index (χ3v) is 4.42. The second-order valence-electron chi connectivity index (χ2n) is 5.73. The van der Waals surface area contributed by atoms with Crippen molar-refractivity contribution in [1.29, 1.82) is 0 Å². The highest BCUT2D eigenvalue weighted by Gasteiger charge is 2.17. The lowest BCUT2D eigenvalue weighted by atomic mass is 10.1. The van der Waals surface area contributed by atoms with Gasteiger partial charge in [0.05, 0.1) is 15.6 Å². The zero-order valence-corrected chi connectivity index (χ0v) is 15.6. The minimum Gasteiger partial charge on any atom is -0.308 e. The van der Waals surface area contributed by atoms with Crippen LogP contribution in [0, 0.1) is 0 Å². The van der Waals surface area contributed by atoms with Crippen molar-refractivity contribution in [2.45, 2.75) is 6.42 Å². The van der Waals surface area contributed by atoms with Gasteiger partial charge in [0.25, 0.3) is 5.91 Å². The average Bonchev–Trinajstić information content (AvgIpc) is 2.64. The number of rotatable bonds is 4. The number of carbonyl (C=O) groups excluding carboxylic acids is 2. The number of imide groups is 1. The summed E-state index contributed by atoms with van der Waals surface area (Å²) in [5.41, 5.74) is 2.85. The Kier molecular flexibility index (Phi) is 6.06. The van der Waals surface area contributed by atoms with Crippen LogP contribution in [0.15, 0.2) is 67.0 Å². The van der Waals surface area contributed by atoms with Crippen molar-refractivity contribution < 1.29 is 9.59 Å². The highest BCUT2D eigenvalue weighted by Crippen LogP contribution is 2.24. The molecule has 1 aromatic heterocycles. The van der Waals surface area contributed by atoms with Crippen LogP contribution in [0.2, 0.25) is 10.0 Å². The third kappa shape index (κ3) is 5.06. The molecule has 2 N–H and O–H groups in total. The average molecular weight is 400 g/mol. The monoisotopic (exact) mass is 399 g/mol. The lowest BCUT2D eigenvalue weighted by molar-refractivity contribution is 0.0967.